The van der Waals surface area contributed by atoms with Crippen LogP contribution in [0.3, 0.4) is 0 Å². The molecule has 0 saturated carbocycles. The summed E-state index contributed by atoms with van der Waals surface area (Å²) in [5.74, 6) is 1.21. The average molecular weight is 284 g/mol. The Labute approximate surface area is 119 Å². The Balaban J connectivity index is 1.89. The van der Waals surface area contributed by atoms with Gasteiger partial charge in [-0.05, 0) is 31.4 Å². The van der Waals surface area contributed by atoms with Gasteiger partial charge in [0.1, 0.15) is 0 Å². The molecule has 0 radical (unpaired) electrons. The lowest BCUT2D eigenvalue weighted by molar-refractivity contribution is -0.141. The molecule has 0 bridgehead atoms. The molecular formula is C14H24N2O2S. The highest BCUT2D eigenvalue weighted by Gasteiger charge is 2.41. The fourth-order valence-corrected chi connectivity index (χ4v) is 4.14. The molecular weight excluding hydrogens is 260 g/mol. The fraction of sp³-hybridized carbons (Fsp3) is 0.857. The molecule has 0 aliphatic carbocycles. The second-order valence-electron chi connectivity index (χ2n) is 5.37. The van der Waals surface area contributed by atoms with Gasteiger partial charge >= 0.3 is 0 Å². The maximum atomic E-state index is 12.3. The first kappa shape index (κ1) is 14.9. The van der Waals surface area contributed by atoms with Crippen molar-refractivity contribution in [1.82, 2.24) is 10.2 Å². The predicted molar refractivity (Wildman–Crippen MR) is 78.1 cm³/mol. The summed E-state index contributed by atoms with van der Waals surface area (Å²) in [7, 11) is 0. The van der Waals surface area contributed by atoms with Crippen LogP contribution in [-0.2, 0) is 9.59 Å². The number of carbonyl (C=O) groups excluding carboxylic acids is 2. The highest BCUT2D eigenvalue weighted by molar-refractivity contribution is 8.00. The van der Waals surface area contributed by atoms with Crippen LogP contribution in [0, 0.1) is 0 Å². The van der Waals surface area contributed by atoms with Crippen molar-refractivity contribution in [3.63, 3.8) is 0 Å². The standard InChI is InChI=1S/C14H24N2O2S/c1-3-10(4-2)16-13(17)8-12(14(16)18)15-9-11-6-5-7-19-11/h10-12,15H,3-9H2,1-2H3. The van der Waals surface area contributed by atoms with Crippen molar-refractivity contribution in [3.8, 4) is 0 Å². The largest absolute Gasteiger partial charge is 0.304 e. The molecule has 0 aromatic heterocycles. The van der Waals surface area contributed by atoms with E-state index in [4.69, 9.17) is 0 Å². The van der Waals surface area contributed by atoms with Gasteiger partial charge < -0.3 is 5.32 Å². The van der Waals surface area contributed by atoms with Gasteiger partial charge in [0.05, 0.1) is 12.5 Å². The summed E-state index contributed by atoms with van der Waals surface area (Å²) < 4.78 is 0. The molecule has 0 spiro atoms. The number of hydrogen-bond acceptors (Lipinski definition) is 4. The Morgan fingerprint density at radius 1 is 1.37 bits per heavy atom. The molecule has 1 N–H and O–H groups in total. The molecule has 0 aromatic carbocycles. The molecule has 19 heavy (non-hydrogen) atoms. The van der Waals surface area contributed by atoms with Crippen LogP contribution in [0.5, 0.6) is 0 Å². The summed E-state index contributed by atoms with van der Waals surface area (Å²) in [6.45, 7) is 4.92. The quantitative estimate of drug-likeness (QED) is 0.756. The van der Waals surface area contributed by atoms with Crippen LogP contribution in [0.15, 0.2) is 0 Å². The van der Waals surface area contributed by atoms with Gasteiger partial charge in [-0.3, -0.25) is 14.5 Å². The lowest BCUT2D eigenvalue weighted by atomic mass is 10.1. The normalized spacial score (nSPS) is 27.8. The number of rotatable bonds is 6. The number of thioether (sulfide) groups is 1. The van der Waals surface area contributed by atoms with Gasteiger partial charge in [-0.15, -0.1) is 0 Å². The van der Waals surface area contributed by atoms with Crippen LogP contribution in [-0.4, -0.2) is 46.3 Å². The molecule has 2 heterocycles. The maximum absolute atomic E-state index is 12.3. The molecule has 2 saturated heterocycles. The van der Waals surface area contributed by atoms with Gasteiger partial charge in [-0.25, -0.2) is 0 Å². The summed E-state index contributed by atoms with van der Waals surface area (Å²) in [6.07, 6.45) is 4.53. The SMILES string of the molecule is CCC(CC)N1C(=O)CC(NCC2CCCS2)C1=O. The minimum Gasteiger partial charge on any atom is -0.304 e. The zero-order valence-electron chi connectivity index (χ0n) is 11.9. The van der Waals surface area contributed by atoms with E-state index in [2.05, 4.69) is 5.32 Å². The predicted octanol–water partition coefficient (Wildman–Crippen LogP) is 1.79. The van der Waals surface area contributed by atoms with Gasteiger partial charge in [-0.2, -0.15) is 11.8 Å². The first-order chi connectivity index (χ1) is 9.17. The molecule has 2 atom stereocenters. The molecule has 0 aromatic rings. The van der Waals surface area contributed by atoms with E-state index in [0.717, 1.165) is 19.4 Å². The second-order valence-corrected chi connectivity index (χ2v) is 6.78. The third-order valence-corrected chi connectivity index (χ3v) is 5.50. The molecule has 108 valence electrons. The van der Waals surface area contributed by atoms with E-state index in [0.29, 0.717) is 11.7 Å². The number of imide groups is 1. The number of carbonyl (C=O) groups is 2. The maximum Gasteiger partial charge on any atom is 0.247 e. The summed E-state index contributed by atoms with van der Waals surface area (Å²) in [5.41, 5.74) is 0. The van der Waals surface area contributed by atoms with E-state index >= 15 is 0 Å². The Morgan fingerprint density at radius 2 is 2.11 bits per heavy atom. The van der Waals surface area contributed by atoms with Crippen molar-refractivity contribution in [3.05, 3.63) is 0 Å². The van der Waals surface area contributed by atoms with Crippen molar-refractivity contribution in [1.29, 1.82) is 0 Å². The van der Waals surface area contributed by atoms with Crippen LogP contribution >= 0.6 is 11.8 Å². The van der Waals surface area contributed by atoms with Gasteiger partial charge in [-0.1, -0.05) is 13.8 Å². The van der Waals surface area contributed by atoms with Crippen molar-refractivity contribution in [2.24, 2.45) is 0 Å². The van der Waals surface area contributed by atoms with E-state index in [1.807, 2.05) is 25.6 Å². The van der Waals surface area contributed by atoms with E-state index in [1.165, 1.54) is 23.5 Å². The highest BCUT2D eigenvalue weighted by atomic mass is 32.2. The molecule has 2 aliphatic heterocycles. The van der Waals surface area contributed by atoms with Gasteiger partial charge in [0.25, 0.3) is 0 Å². The molecule has 2 fully saturated rings. The summed E-state index contributed by atoms with van der Waals surface area (Å²) >= 11 is 1.97. The minimum absolute atomic E-state index is 0.00437. The van der Waals surface area contributed by atoms with Gasteiger partial charge in [0.15, 0.2) is 0 Å². The molecule has 4 nitrogen and oxygen atoms in total. The highest BCUT2D eigenvalue weighted by Crippen LogP contribution is 2.26. The summed E-state index contributed by atoms with van der Waals surface area (Å²) in [4.78, 5) is 25.8. The summed E-state index contributed by atoms with van der Waals surface area (Å²) in [5, 5.41) is 3.92. The van der Waals surface area contributed by atoms with Crippen LogP contribution in [0.4, 0.5) is 0 Å². The van der Waals surface area contributed by atoms with E-state index < -0.39 is 0 Å². The monoisotopic (exact) mass is 284 g/mol. The zero-order chi connectivity index (χ0) is 13.8. The first-order valence-electron chi connectivity index (χ1n) is 7.38. The smallest absolute Gasteiger partial charge is 0.247 e. The van der Waals surface area contributed by atoms with Crippen molar-refractivity contribution in [2.75, 3.05) is 12.3 Å². The van der Waals surface area contributed by atoms with E-state index in [9.17, 15) is 9.59 Å². The Kier molecular flexibility index (Phi) is 5.28. The lowest BCUT2D eigenvalue weighted by Crippen LogP contribution is -2.44. The Hall–Kier alpha value is -0.550. The minimum atomic E-state index is -0.283. The van der Waals surface area contributed by atoms with Gasteiger partial charge in [0.2, 0.25) is 11.8 Å². The average Bonchev–Trinajstić information content (AvgIpc) is 3.00. The van der Waals surface area contributed by atoms with Crippen molar-refractivity contribution < 1.29 is 9.59 Å². The lowest BCUT2D eigenvalue weighted by Gasteiger charge is -2.24. The fourth-order valence-electron chi connectivity index (χ4n) is 2.93. The van der Waals surface area contributed by atoms with Crippen molar-refractivity contribution >= 4 is 23.6 Å². The Morgan fingerprint density at radius 3 is 2.68 bits per heavy atom. The van der Waals surface area contributed by atoms with E-state index in [-0.39, 0.29) is 23.9 Å². The van der Waals surface area contributed by atoms with Crippen LogP contribution in [0.2, 0.25) is 0 Å². The number of nitrogens with one attached hydrogen (secondary N) is 1. The molecule has 2 unspecified atom stereocenters. The second kappa shape index (κ2) is 6.75. The van der Waals surface area contributed by atoms with Crippen LogP contribution in [0.25, 0.3) is 0 Å². The molecule has 5 heteroatoms. The summed E-state index contributed by atoms with van der Waals surface area (Å²) in [6, 6.07) is -0.207. The molecule has 2 rings (SSSR count). The van der Waals surface area contributed by atoms with Crippen LogP contribution in [0.1, 0.15) is 46.0 Å². The molecule has 2 amide bonds. The third-order valence-electron chi connectivity index (χ3n) is 4.11. The zero-order valence-corrected chi connectivity index (χ0v) is 12.7. The number of amides is 2. The third kappa shape index (κ3) is 3.31. The van der Waals surface area contributed by atoms with Gasteiger partial charge in [0, 0.05) is 17.8 Å². The number of nitrogens with zero attached hydrogens (tertiary/aromatic N) is 1. The number of likely N-dealkylation sites (tertiary alicyclic amines) is 1. The number of hydrogen-bond donors (Lipinski definition) is 1. The first-order valence-corrected chi connectivity index (χ1v) is 8.43. The van der Waals surface area contributed by atoms with E-state index in [1.54, 1.807) is 0 Å². The van der Waals surface area contributed by atoms with Crippen molar-refractivity contribution in [2.45, 2.75) is 63.3 Å². The topological polar surface area (TPSA) is 49.4 Å². The Bertz CT molecular complexity index is 338. The molecule has 2 aliphatic rings. The van der Waals surface area contributed by atoms with Crippen LogP contribution < -0.4 is 5.32 Å².